The normalized spacial score (nSPS) is 21.3. The average Bonchev–Trinajstić information content (AvgIpc) is 2.76. The Kier molecular flexibility index (Phi) is 4.10. The molecule has 1 aromatic rings. The molecule has 104 valence electrons. The summed E-state index contributed by atoms with van der Waals surface area (Å²) in [5.41, 5.74) is 1.86. The number of methoxy groups -OCH3 is 1. The maximum Gasteiger partial charge on any atom is 0.311 e. The summed E-state index contributed by atoms with van der Waals surface area (Å²) in [4.78, 5) is 13.9. The predicted molar refractivity (Wildman–Crippen MR) is 73.7 cm³/mol. The highest BCUT2D eigenvalue weighted by molar-refractivity contribution is 5.78. The lowest BCUT2D eigenvalue weighted by molar-refractivity contribution is -0.140. The number of likely N-dealkylation sites (tertiary alicyclic amines) is 1. The fourth-order valence-corrected chi connectivity index (χ4v) is 2.93. The molecule has 1 aromatic carbocycles. The van der Waals surface area contributed by atoms with Gasteiger partial charge in [0.1, 0.15) is 5.75 Å². The van der Waals surface area contributed by atoms with Crippen LogP contribution in [0.1, 0.15) is 23.5 Å². The fraction of sp³-hybridized carbons (Fsp3) is 0.533. The van der Waals surface area contributed by atoms with Gasteiger partial charge in [-0.3, -0.25) is 4.79 Å². The van der Waals surface area contributed by atoms with E-state index in [-0.39, 0.29) is 5.92 Å². The number of nitrogens with zero attached hydrogens (tertiary/aromatic N) is 1. The topological polar surface area (TPSA) is 49.8 Å². The number of aryl methyl sites for hydroxylation is 1. The zero-order valence-corrected chi connectivity index (χ0v) is 11.7. The minimum atomic E-state index is -0.760. The van der Waals surface area contributed by atoms with Crippen molar-refractivity contribution in [2.24, 2.45) is 5.92 Å². The van der Waals surface area contributed by atoms with Crippen LogP contribution in [0, 0.1) is 12.8 Å². The van der Waals surface area contributed by atoms with Crippen molar-refractivity contribution < 1.29 is 14.6 Å². The van der Waals surface area contributed by atoms with E-state index in [1.807, 2.05) is 32.2 Å². The molecule has 4 nitrogen and oxygen atoms in total. The summed E-state index contributed by atoms with van der Waals surface area (Å²) < 4.78 is 5.34. The van der Waals surface area contributed by atoms with Crippen LogP contribution in [0.3, 0.4) is 0 Å². The Morgan fingerprint density at radius 1 is 1.53 bits per heavy atom. The van der Waals surface area contributed by atoms with Gasteiger partial charge in [-0.2, -0.15) is 0 Å². The third-order valence-electron chi connectivity index (χ3n) is 3.89. The van der Waals surface area contributed by atoms with Gasteiger partial charge in [0.25, 0.3) is 0 Å². The third kappa shape index (κ3) is 2.89. The number of carbonyl (C=O) groups is 1. The summed E-state index contributed by atoms with van der Waals surface area (Å²) in [6.07, 6.45) is 0.921. The average molecular weight is 263 g/mol. The summed E-state index contributed by atoms with van der Waals surface area (Å²) in [5, 5.41) is 9.61. The third-order valence-corrected chi connectivity index (χ3v) is 3.89. The maximum atomic E-state index is 11.7. The molecule has 19 heavy (non-hydrogen) atoms. The molecule has 1 aliphatic heterocycles. The lowest BCUT2D eigenvalue weighted by Gasteiger charge is -2.22. The van der Waals surface area contributed by atoms with Crippen molar-refractivity contribution in [3.05, 3.63) is 29.3 Å². The molecule has 0 aromatic heterocycles. The van der Waals surface area contributed by atoms with Crippen LogP contribution >= 0.6 is 0 Å². The van der Waals surface area contributed by atoms with Crippen molar-refractivity contribution in [3.63, 3.8) is 0 Å². The molecule has 0 amide bonds. The second kappa shape index (κ2) is 5.61. The van der Waals surface area contributed by atoms with E-state index < -0.39 is 11.9 Å². The van der Waals surface area contributed by atoms with E-state index in [0.717, 1.165) is 30.6 Å². The summed E-state index contributed by atoms with van der Waals surface area (Å²) in [6, 6.07) is 5.75. The Hall–Kier alpha value is -1.55. The van der Waals surface area contributed by atoms with Gasteiger partial charge in [0.15, 0.2) is 0 Å². The molecule has 1 saturated heterocycles. The van der Waals surface area contributed by atoms with E-state index in [1.165, 1.54) is 0 Å². The summed E-state index contributed by atoms with van der Waals surface area (Å²) in [6.45, 7) is 3.76. The highest BCUT2D eigenvalue weighted by Crippen LogP contribution is 2.37. The number of carboxylic acid groups (broad SMARTS) is 1. The van der Waals surface area contributed by atoms with Crippen LogP contribution in [0.5, 0.6) is 5.75 Å². The molecule has 0 spiro atoms. The lowest BCUT2D eigenvalue weighted by atomic mass is 9.84. The predicted octanol–water partition coefficient (Wildman–Crippen LogP) is 2.12. The Bertz CT molecular complexity index is 472. The minimum Gasteiger partial charge on any atom is -0.496 e. The van der Waals surface area contributed by atoms with Crippen LogP contribution in [-0.4, -0.2) is 43.2 Å². The van der Waals surface area contributed by atoms with Gasteiger partial charge < -0.3 is 14.7 Å². The molecule has 1 aliphatic rings. The molecule has 2 atom stereocenters. The van der Waals surface area contributed by atoms with Crippen molar-refractivity contribution in [2.75, 3.05) is 27.2 Å². The van der Waals surface area contributed by atoms with Crippen LogP contribution in [0.2, 0.25) is 0 Å². The van der Waals surface area contributed by atoms with E-state index in [2.05, 4.69) is 4.90 Å². The number of hydrogen-bond acceptors (Lipinski definition) is 3. The number of carboxylic acids is 1. The Labute approximate surface area is 114 Å². The molecular weight excluding hydrogens is 242 g/mol. The van der Waals surface area contributed by atoms with E-state index in [1.54, 1.807) is 7.11 Å². The van der Waals surface area contributed by atoms with Gasteiger partial charge >= 0.3 is 5.97 Å². The van der Waals surface area contributed by atoms with Gasteiger partial charge in [0.05, 0.1) is 13.0 Å². The second-order valence-corrected chi connectivity index (χ2v) is 5.37. The van der Waals surface area contributed by atoms with Crippen molar-refractivity contribution >= 4 is 5.97 Å². The van der Waals surface area contributed by atoms with E-state index in [4.69, 9.17) is 4.74 Å². The van der Waals surface area contributed by atoms with Crippen molar-refractivity contribution in [2.45, 2.75) is 19.3 Å². The molecule has 4 heteroatoms. The fourth-order valence-electron chi connectivity index (χ4n) is 2.93. The molecule has 0 radical (unpaired) electrons. The number of aliphatic carboxylic acids is 1. The monoisotopic (exact) mass is 263 g/mol. The SMILES string of the molecule is COc1ccc(C)cc1C(C(=O)O)C1CCN(C)C1. The number of hydrogen-bond donors (Lipinski definition) is 1. The van der Waals surface area contributed by atoms with E-state index >= 15 is 0 Å². The minimum absolute atomic E-state index is 0.151. The number of rotatable bonds is 4. The summed E-state index contributed by atoms with van der Waals surface area (Å²) in [5.74, 6) is -0.422. The van der Waals surface area contributed by atoms with Crippen LogP contribution in [0.15, 0.2) is 18.2 Å². The van der Waals surface area contributed by atoms with Crippen molar-refractivity contribution in [1.82, 2.24) is 4.90 Å². The summed E-state index contributed by atoms with van der Waals surface area (Å²) in [7, 11) is 3.63. The largest absolute Gasteiger partial charge is 0.496 e. The van der Waals surface area contributed by atoms with Gasteiger partial charge in [-0.1, -0.05) is 17.7 Å². The van der Waals surface area contributed by atoms with Gasteiger partial charge in [-0.05, 0) is 38.9 Å². The van der Waals surface area contributed by atoms with Gasteiger partial charge in [-0.15, -0.1) is 0 Å². The molecule has 1 fully saturated rings. The van der Waals surface area contributed by atoms with Crippen LogP contribution in [0.4, 0.5) is 0 Å². The van der Waals surface area contributed by atoms with Gasteiger partial charge in [0.2, 0.25) is 0 Å². The molecule has 1 heterocycles. The zero-order valence-electron chi connectivity index (χ0n) is 11.7. The number of ether oxygens (including phenoxy) is 1. The van der Waals surface area contributed by atoms with Gasteiger partial charge in [-0.25, -0.2) is 0 Å². The molecule has 0 saturated carbocycles. The van der Waals surface area contributed by atoms with Crippen LogP contribution < -0.4 is 4.74 Å². The van der Waals surface area contributed by atoms with Crippen molar-refractivity contribution in [1.29, 1.82) is 0 Å². The second-order valence-electron chi connectivity index (χ2n) is 5.37. The highest BCUT2D eigenvalue weighted by Gasteiger charge is 2.35. The molecule has 0 bridgehead atoms. The first-order valence-corrected chi connectivity index (χ1v) is 6.58. The maximum absolute atomic E-state index is 11.7. The molecule has 1 N–H and O–H groups in total. The van der Waals surface area contributed by atoms with Crippen LogP contribution in [-0.2, 0) is 4.79 Å². The highest BCUT2D eigenvalue weighted by atomic mass is 16.5. The van der Waals surface area contributed by atoms with Crippen LogP contribution in [0.25, 0.3) is 0 Å². The number of benzene rings is 1. The van der Waals surface area contributed by atoms with E-state index in [9.17, 15) is 9.90 Å². The van der Waals surface area contributed by atoms with E-state index in [0.29, 0.717) is 5.75 Å². The molecular formula is C15H21NO3. The zero-order chi connectivity index (χ0) is 14.0. The molecule has 2 rings (SSSR count). The van der Waals surface area contributed by atoms with Crippen molar-refractivity contribution in [3.8, 4) is 5.75 Å². The Balaban J connectivity index is 2.39. The molecule has 0 aliphatic carbocycles. The first kappa shape index (κ1) is 13.9. The Morgan fingerprint density at radius 3 is 2.79 bits per heavy atom. The standard InChI is InChI=1S/C15H21NO3/c1-10-4-5-13(19-3)12(8-10)14(15(17)18)11-6-7-16(2)9-11/h4-5,8,11,14H,6-7,9H2,1-3H3,(H,17,18). The van der Waals surface area contributed by atoms with Gasteiger partial charge in [0, 0.05) is 12.1 Å². The smallest absolute Gasteiger partial charge is 0.311 e. The quantitative estimate of drug-likeness (QED) is 0.904. The first-order chi connectivity index (χ1) is 9.02. The lowest BCUT2D eigenvalue weighted by Crippen LogP contribution is -2.25. The first-order valence-electron chi connectivity index (χ1n) is 6.58. The molecule has 2 unspecified atom stereocenters. The Morgan fingerprint density at radius 2 is 2.26 bits per heavy atom. The summed E-state index contributed by atoms with van der Waals surface area (Å²) >= 11 is 0.